The highest BCUT2D eigenvalue weighted by atomic mass is 16.2. The number of anilines is 2. The Balaban J connectivity index is 1.40. The van der Waals surface area contributed by atoms with Gasteiger partial charge in [-0.2, -0.15) is 0 Å². The molecule has 32 heavy (non-hydrogen) atoms. The molecule has 2 fully saturated rings. The summed E-state index contributed by atoms with van der Waals surface area (Å²) in [5.41, 5.74) is 1.32. The molecule has 0 aromatic heterocycles. The van der Waals surface area contributed by atoms with Crippen molar-refractivity contribution in [1.29, 1.82) is 0 Å². The van der Waals surface area contributed by atoms with E-state index < -0.39 is 23.4 Å². The molecule has 168 valence electrons. The van der Waals surface area contributed by atoms with E-state index in [0.717, 1.165) is 36.8 Å². The molecular weight excluding hydrogens is 406 g/mol. The maximum atomic E-state index is 13.2. The van der Waals surface area contributed by atoms with Crippen LogP contribution in [-0.4, -0.2) is 67.4 Å². The third-order valence-electron chi connectivity index (χ3n) is 6.29. The maximum Gasteiger partial charge on any atom is 0.325 e. The van der Waals surface area contributed by atoms with Crippen molar-refractivity contribution in [2.45, 2.75) is 18.9 Å². The van der Waals surface area contributed by atoms with Gasteiger partial charge in [0.25, 0.3) is 5.91 Å². The van der Waals surface area contributed by atoms with Gasteiger partial charge in [0, 0.05) is 37.6 Å². The smallest absolute Gasteiger partial charge is 0.325 e. The third-order valence-corrected chi connectivity index (χ3v) is 6.29. The number of amides is 4. The Morgan fingerprint density at radius 2 is 1.66 bits per heavy atom. The summed E-state index contributed by atoms with van der Waals surface area (Å²) in [6.45, 7) is 5.49. The lowest BCUT2D eigenvalue weighted by Crippen LogP contribution is -2.44. The second-order valence-corrected chi connectivity index (χ2v) is 8.33. The van der Waals surface area contributed by atoms with Gasteiger partial charge in [-0.25, -0.2) is 4.79 Å². The van der Waals surface area contributed by atoms with Gasteiger partial charge < -0.3 is 20.4 Å². The number of benzene rings is 2. The van der Waals surface area contributed by atoms with Gasteiger partial charge in [0.1, 0.15) is 12.1 Å². The molecule has 2 N–H and O–H groups in total. The van der Waals surface area contributed by atoms with Crippen molar-refractivity contribution >= 4 is 29.2 Å². The zero-order chi connectivity index (χ0) is 22.7. The first-order valence-corrected chi connectivity index (χ1v) is 11.0. The topological polar surface area (TPSA) is 85.0 Å². The molecule has 1 atom stereocenters. The van der Waals surface area contributed by atoms with Gasteiger partial charge >= 0.3 is 6.03 Å². The van der Waals surface area contributed by atoms with E-state index in [-0.39, 0.29) is 6.54 Å². The van der Waals surface area contributed by atoms with E-state index in [1.807, 2.05) is 61.5 Å². The van der Waals surface area contributed by atoms with Crippen molar-refractivity contribution in [3.05, 3.63) is 60.2 Å². The van der Waals surface area contributed by atoms with Crippen molar-refractivity contribution in [2.75, 3.05) is 50.0 Å². The van der Waals surface area contributed by atoms with Crippen molar-refractivity contribution in [2.24, 2.45) is 0 Å². The molecule has 4 rings (SSSR count). The van der Waals surface area contributed by atoms with Gasteiger partial charge in [-0.15, -0.1) is 0 Å². The van der Waals surface area contributed by atoms with E-state index >= 15 is 0 Å². The minimum absolute atomic E-state index is 0.334. The van der Waals surface area contributed by atoms with Crippen LogP contribution in [0.1, 0.15) is 18.9 Å². The minimum Gasteiger partial charge on any atom is -0.369 e. The lowest BCUT2D eigenvalue weighted by molar-refractivity contribution is -0.134. The largest absolute Gasteiger partial charge is 0.369 e. The van der Waals surface area contributed by atoms with Gasteiger partial charge in [0.2, 0.25) is 5.91 Å². The number of piperazine rings is 1. The molecule has 2 aliphatic rings. The SMILES string of the molecule is CCC1(c2ccccc2)NC(=O)N(CC(=O)Nc2ccc(N3CCN(C)CC3)cc2)C1=O. The number of nitrogens with zero attached hydrogens (tertiary/aromatic N) is 3. The molecule has 0 spiro atoms. The van der Waals surface area contributed by atoms with Crippen LogP contribution in [-0.2, 0) is 15.1 Å². The number of urea groups is 1. The van der Waals surface area contributed by atoms with E-state index in [4.69, 9.17) is 0 Å². The lowest BCUT2D eigenvalue weighted by Gasteiger charge is -2.34. The summed E-state index contributed by atoms with van der Waals surface area (Å²) in [5.74, 6) is -0.822. The number of carbonyl (C=O) groups excluding carboxylic acids is 3. The molecule has 0 radical (unpaired) electrons. The molecule has 8 nitrogen and oxygen atoms in total. The highest BCUT2D eigenvalue weighted by molar-refractivity contribution is 6.10. The number of nitrogens with one attached hydrogen (secondary N) is 2. The number of imide groups is 1. The first kappa shape index (κ1) is 21.8. The number of rotatable bonds is 6. The van der Waals surface area contributed by atoms with Crippen LogP contribution in [0.2, 0.25) is 0 Å². The average Bonchev–Trinajstić information content (AvgIpc) is 3.06. The molecule has 2 aliphatic heterocycles. The first-order valence-electron chi connectivity index (χ1n) is 11.0. The zero-order valence-electron chi connectivity index (χ0n) is 18.5. The second kappa shape index (κ2) is 9.00. The Kier molecular flexibility index (Phi) is 6.14. The molecule has 0 saturated carbocycles. The molecule has 1 unspecified atom stereocenters. The van der Waals surface area contributed by atoms with Crippen LogP contribution < -0.4 is 15.5 Å². The van der Waals surface area contributed by atoms with Gasteiger partial charge in [-0.05, 0) is 43.3 Å². The number of likely N-dealkylation sites (N-methyl/N-ethyl adjacent to an activating group) is 1. The van der Waals surface area contributed by atoms with Crippen LogP contribution in [0.25, 0.3) is 0 Å². The quantitative estimate of drug-likeness (QED) is 0.680. The zero-order valence-corrected chi connectivity index (χ0v) is 18.5. The van der Waals surface area contributed by atoms with Gasteiger partial charge in [-0.1, -0.05) is 37.3 Å². The summed E-state index contributed by atoms with van der Waals surface area (Å²) in [5, 5.41) is 5.59. The van der Waals surface area contributed by atoms with Crippen molar-refractivity contribution in [1.82, 2.24) is 15.1 Å². The van der Waals surface area contributed by atoms with Crippen LogP contribution in [0.3, 0.4) is 0 Å². The molecule has 2 saturated heterocycles. The van der Waals surface area contributed by atoms with Gasteiger partial charge in [0.05, 0.1) is 0 Å². The third kappa shape index (κ3) is 4.18. The fraction of sp³-hybridized carbons (Fsp3) is 0.375. The first-order chi connectivity index (χ1) is 15.4. The molecule has 8 heteroatoms. The van der Waals surface area contributed by atoms with E-state index in [2.05, 4.69) is 27.5 Å². The molecule has 0 aliphatic carbocycles. The average molecular weight is 436 g/mol. The maximum absolute atomic E-state index is 13.2. The molecule has 2 heterocycles. The monoisotopic (exact) mass is 435 g/mol. The van der Waals surface area contributed by atoms with Crippen molar-refractivity contribution in [3.63, 3.8) is 0 Å². The number of hydrogen-bond acceptors (Lipinski definition) is 5. The van der Waals surface area contributed by atoms with Crippen molar-refractivity contribution < 1.29 is 14.4 Å². The van der Waals surface area contributed by atoms with E-state index in [1.165, 1.54) is 0 Å². The van der Waals surface area contributed by atoms with Gasteiger partial charge in [-0.3, -0.25) is 14.5 Å². The van der Waals surface area contributed by atoms with Crippen LogP contribution >= 0.6 is 0 Å². The normalized spacial score (nSPS) is 21.6. The highest BCUT2D eigenvalue weighted by Gasteiger charge is 2.51. The summed E-state index contributed by atoms with van der Waals surface area (Å²) in [7, 11) is 2.12. The van der Waals surface area contributed by atoms with E-state index in [9.17, 15) is 14.4 Å². The summed E-state index contributed by atoms with van der Waals surface area (Å²) >= 11 is 0. The highest BCUT2D eigenvalue weighted by Crippen LogP contribution is 2.32. The van der Waals surface area contributed by atoms with Crippen LogP contribution in [0.15, 0.2) is 54.6 Å². The minimum atomic E-state index is -1.14. The molecule has 2 aromatic carbocycles. The van der Waals surface area contributed by atoms with Crippen LogP contribution in [0.4, 0.5) is 16.2 Å². The Morgan fingerprint density at radius 1 is 1.00 bits per heavy atom. The summed E-state index contributed by atoms with van der Waals surface area (Å²) < 4.78 is 0. The standard InChI is InChI=1S/C24H29N5O3/c1-3-24(18-7-5-4-6-8-18)22(31)29(23(32)26-24)17-21(30)25-19-9-11-20(12-10-19)28-15-13-27(2)14-16-28/h4-12H,3,13-17H2,1-2H3,(H,25,30)(H,26,32). The summed E-state index contributed by atoms with van der Waals surface area (Å²) in [6, 6.07) is 16.2. The van der Waals surface area contributed by atoms with E-state index in [0.29, 0.717) is 17.7 Å². The predicted octanol–water partition coefficient (Wildman–Crippen LogP) is 2.23. The Morgan fingerprint density at radius 3 is 2.28 bits per heavy atom. The Bertz CT molecular complexity index is 986. The second-order valence-electron chi connectivity index (χ2n) is 8.33. The van der Waals surface area contributed by atoms with Crippen molar-refractivity contribution in [3.8, 4) is 0 Å². The Hall–Kier alpha value is -3.39. The fourth-order valence-electron chi connectivity index (χ4n) is 4.30. The molecule has 0 bridgehead atoms. The fourth-order valence-corrected chi connectivity index (χ4v) is 4.30. The number of carbonyl (C=O) groups is 3. The summed E-state index contributed by atoms with van der Waals surface area (Å²) in [4.78, 5) is 43.9. The van der Waals surface area contributed by atoms with Crippen LogP contribution in [0.5, 0.6) is 0 Å². The predicted molar refractivity (Wildman–Crippen MR) is 123 cm³/mol. The lowest BCUT2D eigenvalue weighted by atomic mass is 9.87. The molecular formula is C24H29N5O3. The number of hydrogen-bond donors (Lipinski definition) is 2. The molecule has 4 amide bonds. The van der Waals surface area contributed by atoms with Crippen LogP contribution in [0, 0.1) is 0 Å². The van der Waals surface area contributed by atoms with Gasteiger partial charge in [0.15, 0.2) is 0 Å². The molecule has 2 aromatic rings. The van der Waals surface area contributed by atoms with E-state index in [1.54, 1.807) is 0 Å². The summed E-state index contributed by atoms with van der Waals surface area (Å²) in [6.07, 6.45) is 0.396. The Labute approximate surface area is 188 Å².